The summed E-state index contributed by atoms with van der Waals surface area (Å²) >= 11 is 0. The van der Waals surface area contributed by atoms with Crippen LogP contribution >= 0.6 is 0 Å². The zero-order chi connectivity index (χ0) is 24.0. The summed E-state index contributed by atoms with van der Waals surface area (Å²) in [6, 6.07) is 5.16. The zero-order valence-corrected chi connectivity index (χ0v) is 19.5. The van der Waals surface area contributed by atoms with E-state index in [2.05, 4.69) is 15.3 Å². The summed E-state index contributed by atoms with van der Waals surface area (Å²) in [4.78, 5) is 21.1. The van der Waals surface area contributed by atoms with E-state index in [1.54, 1.807) is 40.1 Å². The van der Waals surface area contributed by atoms with Crippen LogP contribution in [0.1, 0.15) is 45.6 Å². The maximum absolute atomic E-state index is 12.3. The van der Waals surface area contributed by atoms with Gasteiger partial charge < -0.3 is 29.7 Å². The van der Waals surface area contributed by atoms with E-state index >= 15 is 0 Å². The van der Waals surface area contributed by atoms with E-state index in [4.69, 9.17) is 14.2 Å². The number of carbonyl (C=O) groups excluding carboxylic acids is 1. The fraction of sp³-hybridized carbons (Fsp3) is 0.542. The SMILES string of the molecule is COc1ccc2nccc(C=C[C@@H]3CC[C@@H](NC(=O)OC(C)(C)C)[C@H](C[C@H](O)CO)O3)c2n1. The Morgan fingerprint density at radius 2 is 2.12 bits per heavy atom. The second kappa shape index (κ2) is 10.9. The number of aromatic nitrogens is 2. The molecule has 0 aliphatic carbocycles. The molecule has 9 heteroatoms. The van der Waals surface area contributed by atoms with Gasteiger partial charge in [-0.25, -0.2) is 9.78 Å². The van der Waals surface area contributed by atoms with Crippen molar-refractivity contribution in [2.24, 2.45) is 0 Å². The molecule has 0 unspecified atom stereocenters. The molecule has 1 aliphatic rings. The smallest absolute Gasteiger partial charge is 0.407 e. The van der Waals surface area contributed by atoms with Crippen LogP contribution < -0.4 is 10.1 Å². The lowest BCUT2D eigenvalue weighted by Gasteiger charge is -2.37. The number of methoxy groups -OCH3 is 1. The van der Waals surface area contributed by atoms with Crippen molar-refractivity contribution in [3.8, 4) is 5.88 Å². The van der Waals surface area contributed by atoms with E-state index in [0.29, 0.717) is 18.7 Å². The molecule has 3 rings (SSSR count). The van der Waals surface area contributed by atoms with Crippen LogP contribution in [-0.4, -0.2) is 69.9 Å². The van der Waals surface area contributed by atoms with E-state index < -0.39 is 23.9 Å². The number of hydrogen-bond acceptors (Lipinski definition) is 8. The maximum atomic E-state index is 12.3. The van der Waals surface area contributed by atoms with Gasteiger partial charge in [0.2, 0.25) is 5.88 Å². The summed E-state index contributed by atoms with van der Waals surface area (Å²) in [5.74, 6) is 0.508. The lowest BCUT2D eigenvalue weighted by Crippen LogP contribution is -2.51. The van der Waals surface area contributed by atoms with Crippen LogP contribution in [0, 0.1) is 0 Å². The van der Waals surface area contributed by atoms with Crippen LogP contribution in [0.3, 0.4) is 0 Å². The minimum Gasteiger partial charge on any atom is -0.481 e. The van der Waals surface area contributed by atoms with Crippen molar-refractivity contribution in [3.63, 3.8) is 0 Å². The fourth-order valence-electron chi connectivity index (χ4n) is 3.73. The molecule has 0 spiro atoms. The second-order valence-electron chi connectivity index (χ2n) is 9.10. The highest BCUT2D eigenvalue weighted by molar-refractivity contribution is 5.84. The standard InChI is InChI=1S/C24H33N3O6/c1-24(2,3)33-23(30)26-18-8-7-17(32-20(18)13-16(29)14-28)6-5-15-11-12-25-19-9-10-21(31-4)27-22(15)19/h5-6,9-12,16-18,20,28-29H,7-8,13-14H2,1-4H3,(H,26,30)/t16-,17+,18+,20-/m0/s1. The number of amides is 1. The van der Waals surface area contributed by atoms with Crippen molar-refractivity contribution in [3.05, 3.63) is 36.0 Å². The van der Waals surface area contributed by atoms with Gasteiger partial charge in [0.1, 0.15) is 5.60 Å². The monoisotopic (exact) mass is 459 g/mol. The lowest BCUT2D eigenvalue weighted by molar-refractivity contribution is -0.0728. The second-order valence-corrected chi connectivity index (χ2v) is 9.10. The van der Waals surface area contributed by atoms with E-state index in [-0.39, 0.29) is 25.2 Å². The molecule has 3 N–H and O–H groups in total. The molecule has 0 aromatic carbocycles. The Labute approximate surface area is 193 Å². The van der Waals surface area contributed by atoms with Crippen LogP contribution in [0.2, 0.25) is 0 Å². The number of ether oxygens (including phenoxy) is 3. The Morgan fingerprint density at radius 3 is 2.82 bits per heavy atom. The highest BCUT2D eigenvalue weighted by Crippen LogP contribution is 2.26. The third-order valence-corrected chi connectivity index (χ3v) is 5.27. The first-order valence-corrected chi connectivity index (χ1v) is 11.1. The summed E-state index contributed by atoms with van der Waals surface area (Å²) in [6.45, 7) is 5.01. The summed E-state index contributed by atoms with van der Waals surface area (Å²) in [5, 5.41) is 22.1. The lowest BCUT2D eigenvalue weighted by atomic mass is 9.94. The van der Waals surface area contributed by atoms with E-state index in [0.717, 1.165) is 16.6 Å². The van der Waals surface area contributed by atoms with Gasteiger partial charge in [0.15, 0.2) is 0 Å². The topological polar surface area (TPSA) is 123 Å². The molecule has 1 fully saturated rings. The molecule has 3 heterocycles. The molecule has 0 saturated carbocycles. The number of aliphatic hydroxyl groups excluding tert-OH is 2. The van der Waals surface area contributed by atoms with E-state index in [1.807, 2.05) is 24.3 Å². The van der Waals surface area contributed by atoms with Crippen LogP contribution in [0.5, 0.6) is 5.88 Å². The molecule has 4 atom stereocenters. The number of nitrogens with zero attached hydrogens (tertiary/aromatic N) is 2. The van der Waals surface area contributed by atoms with Gasteiger partial charge in [-0.15, -0.1) is 0 Å². The Morgan fingerprint density at radius 1 is 1.33 bits per heavy atom. The largest absolute Gasteiger partial charge is 0.481 e. The van der Waals surface area contributed by atoms with Crippen molar-refractivity contribution < 1.29 is 29.2 Å². The Hall–Kier alpha value is -2.75. The molecule has 0 bridgehead atoms. The third kappa shape index (κ3) is 7.12. The van der Waals surface area contributed by atoms with E-state index in [9.17, 15) is 15.0 Å². The van der Waals surface area contributed by atoms with Crippen molar-refractivity contribution >= 4 is 23.2 Å². The number of carbonyl (C=O) groups is 1. The summed E-state index contributed by atoms with van der Waals surface area (Å²) in [5.41, 5.74) is 1.74. The van der Waals surface area contributed by atoms with Gasteiger partial charge in [0, 0.05) is 24.2 Å². The Balaban J connectivity index is 1.73. The maximum Gasteiger partial charge on any atom is 0.407 e. The minimum absolute atomic E-state index is 0.193. The third-order valence-electron chi connectivity index (χ3n) is 5.27. The average Bonchev–Trinajstić information content (AvgIpc) is 2.77. The molecule has 1 amide bonds. The Kier molecular flexibility index (Phi) is 8.23. The predicted molar refractivity (Wildman–Crippen MR) is 124 cm³/mol. The van der Waals surface area contributed by atoms with Crippen molar-refractivity contribution in [2.45, 2.75) is 70.0 Å². The number of pyridine rings is 2. The average molecular weight is 460 g/mol. The van der Waals surface area contributed by atoms with Gasteiger partial charge in [-0.3, -0.25) is 4.98 Å². The van der Waals surface area contributed by atoms with Gasteiger partial charge in [0.05, 0.1) is 49.1 Å². The molecule has 1 saturated heterocycles. The van der Waals surface area contributed by atoms with Gasteiger partial charge in [-0.05, 0) is 45.7 Å². The number of rotatable bonds is 7. The first kappa shape index (κ1) is 24.9. The molecule has 1 aliphatic heterocycles. The molecule has 9 nitrogen and oxygen atoms in total. The molecular formula is C24H33N3O6. The van der Waals surface area contributed by atoms with Crippen molar-refractivity contribution in [2.75, 3.05) is 13.7 Å². The van der Waals surface area contributed by atoms with Crippen molar-refractivity contribution in [1.82, 2.24) is 15.3 Å². The number of aliphatic hydroxyl groups is 2. The highest BCUT2D eigenvalue weighted by atomic mass is 16.6. The molecule has 33 heavy (non-hydrogen) atoms. The molecule has 0 radical (unpaired) electrons. The first-order valence-electron chi connectivity index (χ1n) is 11.1. The molecule has 180 valence electrons. The Bertz CT molecular complexity index is 974. The zero-order valence-electron chi connectivity index (χ0n) is 19.5. The van der Waals surface area contributed by atoms with Crippen LogP contribution in [0.4, 0.5) is 4.79 Å². The first-order chi connectivity index (χ1) is 15.7. The summed E-state index contributed by atoms with van der Waals surface area (Å²) in [6.07, 6.45) is 4.92. The minimum atomic E-state index is -0.943. The van der Waals surface area contributed by atoms with Crippen LogP contribution in [0.15, 0.2) is 30.5 Å². The van der Waals surface area contributed by atoms with Gasteiger partial charge in [-0.2, -0.15) is 0 Å². The summed E-state index contributed by atoms with van der Waals surface area (Å²) in [7, 11) is 1.57. The fourth-order valence-corrected chi connectivity index (χ4v) is 3.73. The normalized spacial score (nSPS) is 22.3. The number of fused-ring (bicyclic) bond motifs is 1. The van der Waals surface area contributed by atoms with Gasteiger partial charge >= 0.3 is 6.09 Å². The van der Waals surface area contributed by atoms with E-state index in [1.165, 1.54) is 0 Å². The molecule has 2 aromatic rings. The van der Waals surface area contributed by atoms with Crippen LogP contribution in [0.25, 0.3) is 17.1 Å². The quantitative estimate of drug-likeness (QED) is 0.578. The number of nitrogens with one attached hydrogen (secondary N) is 1. The van der Waals surface area contributed by atoms with Gasteiger partial charge in [-0.1, -0.05) is 12.2 Å². The summed E-state index contributed by atoms with van der Waals surface area (Å²) < 4.78 is 16.8. The van der Waals surface area contributed by atoms with Crippen LogP contribution in [-0.2, 0) is 9.47 Å². The van der Waals surface area contributed by atoms with Crippen molar-refractivity contribution in [1.29, 1.82) is 0 Å². The van der Waals surface area contributed by atoms with Gasteiger partial charge in [0.25, 0.3) is 0 Å². The predicted octanol–water partition coefficient (Wildman–Crippen LogP) is 2.84. The molecular weight excluding hydrogens is 426 g/mol. The highest BCUT2D eigenvalue weighted by Gasteiger charge is 2.33. The number of hydrogen-bond donors (Lipinski definition) is 3. The number of alkyl carbamates (subject to hydrolysis) is 1. The molecule has 2 aromatic heterocycles.